The average Bonchev–Trinajstić information content (AvgIpc) is 3.32. The number of benzene rings is 3. The second-order valence-corrected chi connectivity index (χ2v) is 8.04. The summed E-state index contributed by atoms with van der Waals surface area (Å²) in [6.45, 7) is 0.708. The van der Waals surface area contributed by atoms with Crippen LogP contribution in [0.15, 0.2) is 82.4 Å². The zero-order chi connectivity index (χ0) is 21.8. The third-order valence-corrected chi connectivity index (χ3v) is 5.70. The predicted molar refractivity (Wildman–Crippen MR) is 116 cm³/mol. The van der Waals surface area contributed by atoms with Gasteiger partial charge in [0.2, 0.25) is 6.10 Å². The van der Waals surface area contributed by atoms with Crippen molar-refractivity contribution in [3.8, 4) is 17.2 Å². The van der Waals surface area contributed by atoms with Crippen LogP contribution in [0.25, 0.3) is 0 Å². The molecule has 1 aliphatic heterocycles. The molecule has 32 heavy (non-hydrogen) atoms. The van der Waals surface area contributed by atoms with Crippen molar-refractivity contribution in [3.63, 3.8) is 0 Å². The summed E-state index contributed by atoms with van der Waals surface area (Å²) < 4.78 is 36.1. The Morgan fingerprint density at radius 1 is 0.906 bits per heavy atom. The summed E-state index contributed by atoms with van der Waals surface area (Å²) in [5.41, 5.74) is 2.00. The van der Waals surface area contributed by atoms with Crippen LogP contribution in [0.2, 0.25) is 0 Å². The average molecular weight is 450 g/mol. The minimum absolute atomic E-state index is 0.256. The molecule has 2 heterocycles. The number of ether oxygens (including phenoxy) is 3. The van der Waals surface area contributed by atoms with Crippen molar-refractivity contribution in [1.82, 2.24) is 10.2 Å². The van der Waals surface area contributed by atoms with Gasteiger partial charge in [0.05, 0.1) is 0 Å². The molecule has 0 saturated heterocycles. The van der Waals surface area contributed by atoms with Gasteiger partial charge < -0.3 is 18.6 Å². The molecular formula is C24H19FN2O4S. The molecule has 6 nitrogen and oxygen atoms in total. The van der Waals surface area contributed by atoms with Gasteiger partial charge in [0.25, 0.3) is 11.1 Å². The molecule has 0 aliphatic carbocycles. The second kappa shape index (κ2) is 9.32. The lowest BCUT2D eigenvalue weighted by Gasteiger charge is -2.23. The van der Waals surface area contributed by atoms with Crippen LogP contribution in [0.5, 0.6) is 17.2 Å². The van der Waals surface area contributed by atoms with Crippen LogP contribution in [0.4, 0.5) is 4.39 Å². The molecule has 5 rings (SSSR count). The van der Waals surface area contributed by atoms with E-state index in [4.69, 9.17) is 18.6 Å². The molecule has 0 spiro atoms. The fourth-order valence-corrected chi connectivity index (χ4v) is 3.85. The number of fused-ring (bicyclic) bond motifs is 1. The number of hydrogen-bond donors (Lipinski definition) is 0. The van der Waals surface area contributed by atoms with Crippen LogP contribution in [-0.4, -0.2) is 16.8 Å². The molecule has 8 heteroatoms. The van der Waals surface area contributed by atoms with Crippen LogP contribution in [-0.2, 0) is 12.4 Å². The first-order valence-corrected chi connectivity index (χ1v) is 11.0. The maximum absolute atomic E-state index is 13.0. The van der Waals surface area contributed by atoms with Crippen molar-refractivity contribution in [2.24, 2.45) is 0 Å². The highest BCUT2D eigenvalue weighted by molar-refractivity contribution is 7.98. The van der Waals surface area contributed by atoms with Gasteiger partial charge in [-0.2, -0.15) is 0 Å². The predicted octanol–water partition coefficient (Wildman–Crippen LogP) is 5.59. The van der Waals surface area contributed by atoms with Gasteiger partial charge in [0.15, 0.2) is 11.5 Å². The molecule has 1 atom stereocenters. The Labute approximate surface area is 188 Å². The molecule has 3 aromatic carbocycles. The summed E-state index contributed by atoms with van der Waals surface area (Å²) >= 11 is 1.45. The molecule has 0 amide bonds. The number of aromatic nitrogens is 2. The summed E-state index contributed by atoms with van der Waals surface area (Å²) in [6, 6.07) is 21.5. The zero-order valence-electron chi connectivity index (χ0n) is 16.9. The first-order chi connectivity index (χ1) is 15.7. The van der Waals surface area contributed by atoms with Gasteiger partial charge in [-0.15, -0.1) is 10.2 Å². The van der Waals surface area contributed by atoms with E-state index in [-0.39, 0.29) is 5.82 Å². The van der Waals surface area contributed by atoms with E-state index in [2.05, 4.69) is 10.2 Å². The summed E-state index contributed by atoms with van der Waals surface area (Å²) in [7, 11) is 0. The molecular weight excluding hydrogens is 431 g/mol. The highest BCUT2D eigenvalue weighted by atomic mass is 32.2. The normalized spacial score (nSPS) is 14.8. The topological polar surface area (TPSA) is 66.6 Å². The minimum atomic E-state index is -0.427. The lowest BCUT2D eigenvalue weighted by molar-refractivity contribution is 0.0686. The number of hydrogen-bond acceptors (Lipinski definition) is 7. The Morgan fingerprint density at radius 2 is 1.66 bits per heavy atom. The van der Waals surface area contributed by atoms with Gasteiger partial charge in [-0.1, -0.05) is 48.2 Å². The fraction of sp³-hybridized carbons (Fsp3) is 0.167. The first-order valence-electron chi connectivity index (χ1n) is 10.0. The van der Waals surface area contributed by atoms with Crippen molar-refractivity contribution in [1.29, 1.82) is 0 Å². The summed E-state index contributed by atoms with van der Waals surface area (Å²) in [4.78, 5) is 0. The monoisotopic (exact) mass is 450 g/mol. The van der Waals surface area contributed by atoms with Crippen molar-refractivity contribution >= 4 is 11.8 Å². The smallest absolute Gasteiger partial charge is 0.277 e. The standard InChI is InChI=1S/C24H19FN2O4S/c25-18-9-5-16(6-10-18)13-28-19-11-7-17(8-12-19)15-32-24-27-26-23(31-24)22-14-29-20-3-1-2-4-21(20)30-22/h1-12,22H,13-15H2. The molecule has 0 bridgehead atoms. The maximum atomic E-state index is 13.0. The largest absolute Gasteiger partial charge is 0.489 e. The van der Waals surface area contributed by atoms with Gasteiger partial charge in [-0.05, 0) is 47.5 Å². The van der Waals surface area contributed by atoms with E-state index in [9.17, 15) is 4.39 Å². The number of nitrogens with zero attached hydrogens (tertiary/aromatic N) is 2. The summed E-state index contributed by atoms with van der Waals surface area (Å²) in [6.07, 6.45) is -0.427. The minimum Gasteiger partial charge on any atom is -0.489 e. The van der Waals surface area contributed by atoms with Crippen LogP contribution in [0.3, 0.4) is 0 Å². The van der Waals surface area contributed by atoms with Crippen molar-refractivity contribution in [3.05, 3.63) is 95.6 Å². The lowest BCUT2D eigenvalue weighted by atomic mass is 10.2. The number of rotatable bonds is 7. The Bertz CT molecular complexity index is 1180. The van der Waals surface area contributed by atoms with Crippen molar-refractivity contribution in [2.45, 2.75) is 23.7 Å². The van der Waals surface area contributed by atoms with Gasteiger partial charge in [-0.3, -0.25) is 0 Å². The fourth-order valence-electron chi connectivity index (χ4n) is 3.12. The quantitative estimate of drug-likeness (QED) is 0.340. The van der Waals surface area contributed by atoms with E-state index in [1.54, 1.807) is 12.1 Å². The molecule has 0 saturated carbocycles. The highest BCUT2D eigenvalue weighted by Gasteiger charge is 2.27. The van der Waals surface area contributed by atoms with E-state index < -0.39 is 6.10 Å². The second-order valence-electron chi connectivity index (χ2n) is 7.12. The Hall–Kier alpha value is -3.52. The molecule has 4 aromatic rings. The zero-order valence-corrected chi connectivity index (χ0v) is 17.8. The molecule has 0 radical (unpaired) electrons. The molecule has 162 valence electrons. The van der Waals surface area contributed by atoms with E-state index in [0.29, 0.717) is 41.6 Å². The van der Waals surface area contributed by atoms with Gasteiger partial charge in [-0.25, -0.2) is 4.39 Å². The Balaban J connectivity index is 1.13. The maximum Gasteiger partial charge on any atom is 0.277 e. The number of halogens is 1. The van der Waals surface area contributed by atoms with Crippen LogP contribution in [0, 0.1) is 5.82 Å². The summed E-state index contributed by atoms with van der Waals surface area (Å²) in [5, 5.41) is 8.69. The van der Waals surface area contributed by atoms with E-state index >= 15 is 0 Å². The van der Waals surface area contributed by atoms with Crippen LogP contribution >= 0.6 is 11.8 Å². The molecule has 1 aromatic heterocycles. The van der Waals surface area contributed by atoms with E-state index in [1.165, 1.54) is 23.9 Å². The highest BCUT2D eigenvalue weighted by Crippen LogP contribution is 2.36. The third kappa shape index (κ3) is 4.86. The summed E-state index contributed by atoms with van der Waals surface area (Å²) in [5.74, 6) is 2.93. The van der Waals surface area contributed by atoms with Gasteiger partial charge >= 0.3 is 0 Å². The Kier molecular flexibility index (Phi) is 5.93. The van der Waals surface area contributed by atoms with Crippen LogP contribution < -0.4 is 14.2 Å². The molecule has 0 fully saturated rings. The van der Waals surface area contributed by atoms with Crippen LogP contribution in [0.1, 0.15) is 23.1 Å². The third-order valence-electron chi connectivity index (χ3n) is 4.81. The number of para-hydroxylation sites is 2. The molecule has 1 unspecified atom stereocenters. The SMILES string of the molecule is Fc1ccc(COc2ccc(CSc3nnc(C4COc5ccccc5O4)o3)cc2)cc1. The lowest BCUT2D eigenvalue weighted by Crippen LogP contribution is -2.21. The van der Waals surface area contributed by atoms with Crippen molar-refractivity contribution in [2.75, 3.05) is 6.61 Å². The van der Waals surface area contributed by atoms with Gasteiger partial charge in [0, 0.05) is 5.75 Å². The number of thioether (sulfide) groups is 1. The first kappa shape index (κ1) is 20.4. The molecule has 0 N–H and O–H groups in total. The molecule has 1 aliphatic rings. The van der Waals surface area contributed by atoms with E-state index in [1.807, 2.05) is 48.5 Å². The van der Waals surface area contributed by atoms with E-state index in [0.717, 1.165) is 16.9 Å². The van der Waals surface area contributed by atoms with Crippen molar-refractivity contribution < 1.29 is 23.0 Å². The van der Waals surface area contributed by atoms with Gasteiger partial charge in [0.1, 0.15) is 24.8 Å². The Morgan fingerprint density at radius 3 is 2.47 bits per heavy atom.